The lowest BCUT2D eigenvalue weighted by molar-refractivity contribution is 0.0723. The predicted octanol–water partition coefficient (Wildman–Crippen LogP) is 4.13. The van der Waals surface area contributed by atoms with E-state index in [1.807, 2.05) is 46.9 Å². The van der Waals surface area contributed by atoms with E-state index in [-0.39, 0.29) is 18.5 Å². The molecule has 42 heavy (non-hydrogen) atoms. The molecule has 0 saturated heterocycles. The number of amides is 1. The van der Waals surface area contributed by atoms with Gasteiger partial charge in [0, 0.05) is 50.9 Å². The van der Waals surface area contributed by atoms with Crippen LogP contribution >= 0.6 is 0 Å². The number of nitrogens with zero attached hydrogens (tertiary/aromatic N) is 7. The first-order chi connectivity index (χ1) is 20.4. The van der Waals surface area contributed by atoms with E-state index in [4.69, 9.17) is 20.4 Å². The van der Waals surface area contributed by atoms with Crippen LogP contribution in [0.5, 0.6) is 5.75 Å². The maximum absolute atomic E-state index is 13.2. The molecule has 5 aromatic rings. The first kappa shape index (κ1) is 26.6. The molecule has 10 nitrogen and oxygen atoms in total. The molecule has 1 aromatic carbocycles. The first-order valence-electron chi connectivity index (χ1n) is 14.6. The number of rotatable bonds is 10. The number of alkyl halides is 1. The Hall–Kier alpha value is -4.25. The third-order valence-electron chi connectivity index (χ3n) is 8.48. The highest BCUT2D eigenvalue weighted by Crippen LogP contribution is 2.39. The van der Waals surface area contributed by atoms with Crippen LogP contribution in [0.3, 0.4) is 0 Å². The van der Waals surface area contributed by atoms with Gasteiger partial charge in [-0.3, -0.25) is 4.79 Å². The highest BCUT2D eigenvalue weighted by molar-refractivity contribution is 5.99. The summed E-state index contributed by atoms with van der Waals surface area (Å²) >= 11 is 0. The number of aromatic nitrogens is 6. The van der Waals surface area contributed by atoms with Gasteiger partial charge in [0.15, 0.2) is 11.5 Å². The Morgan fingerprint density at radius 3 is 2.83 bits per heavy atom. The standard InChI is InChI=1S/C31H35FN8O2/c1-19(39-11-9-34-18-39)17-42-27-5-3-4-21-12-26(40(28(21)27)15-20-6-7-20)30-36-25-13-23-24(35-29(25)37(30)2)8-10-38(31(23)41)16-22(33)14-32/h3-5,9,11-13,18-20,22H,6-8,10,14-17,33H2,1-2H3/t19-,22+/m0/s1. The smallest absolute Gasteiger partial charge is 0.255 e. The van der Waals surface area contributed by atoms with E-state index in [0.29, 0.717) is 36.6 Å². The highest BCUT2D eigenvalue weighted by Gasteiger charge is 2.30. The van der Waals surface area contributed by atoms with E-state index in [9.17, 15) is 9.18 Å². The number of pyridine rings is 1. The van der Waals surface area contributed by atoms with Crippen molar-refractivity contribution >= 4 is 28.0 Å². The Balaban J connectivity index is 1.28. The summed E-state index contributed by atoms with van der Waals surface area (Å²) in [6, 6.07) is 9.63. The van der Waals surface area contributed by atoms with Crippen molar-refractivity contribution in [3.63, 3.8) is 0 Å². The lowest BCUT2D eigenvalue weighted by Crippen LogP contribution is -2.45. The number of imidazole rings is 2. The summed E-state index contributed by atoms with van der Waals surface area (Å²) in [4.78, 5) is 28.9. The molecular weight excluding hydrogens is 535 g/mol. The predicted molar refractivity (Wildman–Crippen MR) is 158 cm³/mol. The van der Waals surface area contributed by atoms with Gasteiger partial charge in [0.1, 0.15) is 24.5 Å². The molecule has 0 radical (unpaired) electrons. The topological polar surface area (TPSA) is 109 Å². The Labute approximate surface area is 242 Å². The van der Waals surface area contributed by atoms with E-state index in [0.717, 1.165) is 46.1 Å². The summed E-state index contributed by atoms with van der Waals surface area (Å²) in [5.74, 6) is 2.09. The fraction of sp³-hybridized carbons (Fsp3) is 0.419. The zero-order valence-electron chi connectivity index (χ0n) is 23.9. The Morgan fingerprint density at radius 2 is 2.07 bits per heavy atom. The summed E-state index contributed by atoms with van der Waals surface area (Å²) in [7, 11) is 1.98. The van der Waals surface area contributed by atoms with Crippen LogP contribution in [0, 0.1) is 5.92 Å². The number of carbonyl (C=O) groups is 1. The molecule has 1 aliphatic heterocycles. The zero-order chi connectivity index (χ0) is 29.0. The molecule has 0 unspecified atom stereocenters. The minimum absolute atomic E-state index is 0.136. The average molecular weight is 571 g/mol. The van der Waals surface area contributed by atoms with Gasteiger partial charge in [0.25, 0.3) is 5.91 Å². The molecule has 2 aliphatic rings. The number of halogens is 1. The summed E-state index contributed by atoms with van der Waals surface area (Å²) in [6.07, 6.45) is 8.55. The third kappa shape index (κ3) is 4.71. The van der Waals surface area contributed by atoms with Crippen molar-refractivity contribution in [2.24, 2.45) is 18.7 Å². The second-order valence-electron chi connectivity index (χ2n) is 11.7. The Kier molecular flexibility index (Phi) is 6.69. The molecule has 218 valence electrons. The monoisotopic (exact) mass is 570 g/mol. The zero-order valence-corrected chi connectivity index (χ0v) is 23.9. The molecule has 1 aliphatic carbocycles. The van der Waals surface area contributed by atoms with E-state index < -0.39 is 12.7 Å². The van der Waals surface area contributed by atoms with Crippen LogP contribution in [0.25, 0.3) is 33.6 Å². The maximum atomic E-state index is 13.2. The van der Waals surface area contributed by atoms with Gasteiger partial charge < -0.3 is 29.1 Å². The number of carbonyl (C=O) groups excluding carboxylic acids is 1. The largest absolute Gasteiger partial charge is 0.489 e. The number of hydrogen-bond donors (Lipinski definition) is 1. The number of hydrogen-bond acceptors (Lipinski definition) is 6. The molecule has 5 heterocycles. The minimum Gasteiger partial charge on any atom is -0.489 e. The molecule has 0 bridgehead atoms. The molecule has 11 heteroatoms. The number of benzene rings is 1. The van der Waals surface area contributed by atoms with E-state index in [1.54, 1.807) is 11.1 Å². The first-order valence-corrected chi connectivity index (χ1v) is 14.6. The van der Waals surface area contributed by atoms with Crippen molar-refractivity contribution in [1.82, 2.24) is 33.6 Å². The summed E-state index contributed by atoms with van der Waals surface area (Å²) in [5, 5.41) is 1.09. The molecule has 1 saturated carbocycles. The van der Waals surface area contributed by atoms with Gasteiger partial charge in [-0.2, -0.15) is 0 Å². The van der Waals surface area contributed by atoms with E-state index >= 15 is 0 Å². The minimum atomic E-state index is -0.690. The number of aryl methyl sites for hydroxylation is 1. The molecule has 1 amide bonds. The fourth-order valence-electron chi connectivity index (χ4n) is 5.94. The van der Waals surface area contributed by atoms with Crippen molar-refractivity contribution < 1.29 is 13.9 Å². The van der Waals surface area contributed by atoms with Crippen LogP contribution in [0.15, 0.2) is 49.1 Å². The van der Waals surface area contributed by atoms with Gasteiger partial charge in [-0.15, -0.1) is 0 Å². The quantitative estimate of drug-likeness (QED) is 0.271. The van der Waals surface area contributed by atoms with E-state index in [1.165, 1.54) is 12.8 Å². The molecule has 0 spiro atoms. The average Bonchev–Trinajstić information content (AvgIpc) is 3.36. The van der Waals surface area contributed by atoms with Crippen molar-refractivity contribution in [3.8, 4) is 17.3 Å². The second kappa shape index (κ2) is 10.5. The molecule has 4 aromatic heterocycles. The molecular formula is C31H35FN8O2. The van der Waals surface area contributed by atoms with Gasteiger partial charge in [-0.1, -0.05) is 12.1 Å². The molecule has 2 atom stereocenters. The summed E-state index contributed by atoms with van der Waals surface area (Å²) in [6.45, 7) is 3.51. The Bertz CT molecular complexity index is 1770. The van der Waals surface area contributed by atoms with Crippen molar-refractivity contribution in [2.75, 3.05) is 26.4 Å². The molecule has 7 rings (SSSR count). The van der Waals surface area contributed by atoms with Crippen LogP contribution < -0.4 is 10.5 Å². The van der Waals surface area contributed by atoms with Gasteiger partial charge >= 0.3 is 0 Å². The van der Waals surface area contributed by atoms with Crippen LogP contribution in [-0.4, -0.2) is 71.9 Å². The third-order valence-corrected chi connectivity index (χ3v) is 8.48. The van der Waals surface area contributed by atoms with E-state index in [2.05, 4.69) is 28.6 Å². The van der Waals surface area contributed by atoms with Crippen LogP contribution in [0.2, 0.25) is 0 Å². The second-order valence-corrected chi connectivity index (χ2v) is 11.7. The lowest BCUT2D eigenvalue weighted by atomic mass is 10.0. The van der Waals surface area contributed by atoms with Crippen molar-refractivity contribution in [3.05, 3.63) is 60.3 Å². The van der Waals surface area contributed by atoms with Crippen LogP contribution in [0.1, 0.15) is 41.9 Å². The van der Waals surface area contributed by atoms with Gasteiger partial charge in [-0.05, 0) is 43.9 Å². The normalized spacial score (nSPS) is 16.8. The highest BCUT2D eigenvalue weighted by atomic mass is 19.1. The Morgan fingerprint density at radius 1 is 1.21 bits per heavy atom. The lowest BCUT2D eigenvalue weighted by Gasteiger charge is -2.29. The van der Waals surface area contributed by atoms with Gasteiger partial charge in [-0.25, -0.2) is 19.3 Å². The van der Waals surface area contributed by atoms with Crippen LogP contribution in [-0.2, 0) is 20.0 Å². The number of fused-ring (bicyclic) bond motifs is 3. The van der Waals surface area contributed by atoms with Crippen molar-refractivity contribution in [1.29, 1.82) is 0 Å². The summed E-state index contributed by atoms with van der Waals surface area (Å²) in [5.41, 5.74) is 10.5. The number of para-hydroxylation sites is 1. The van der Waals surface area contributed by atoms with Crippen molar-refractivity contribution in [2.45, 2.75) is 44.8 Å². The van der Waals surface area contributed by atoms with Gasteiger partial charge in [0.05, 0.1) is 40.9 Å². The molecule has 1 fully saturated rings. The number of ether oxygens (including phenoxy) is 1. The SMILES string of the molecule is C[C@@H](COc1cccc2cc(-c3nc4cc5c(nc4n3C)CCN(C[C@H](N)CF)C5=O)n(CC3CC3)c12)n1ccnc1. The van der Waals surface area contributed by atoms with Gasteiger partial charge in [0.2, 0.25) is 0 Å². The number of nitrogens with two attached hydrogens (primary N) is 1. The van der Waals surface area contributed by atoms with Crippen LogP contribution in [0.4, 0.5) is 4.39 Å². The fourth-order valence-corrected chi connectivity index (χ4v) is 5.94. The maximum Gasteiger partial charge on any atom is 0.255 e. The summed E-state index contributed by atoms with van der Waals surface area (Å²) < 4.78 is 25.9. The molecule has 2 N–H and O–H groups in total.